The standard InChI is InChI=1S/C19H17N5O/c25-19(20-13-7-12-16-8-3-1-4-9-16)18(24-15-21-22-23-24)14-17-10-5-2-6-11-17/h1-6,8-11,15,18H,13-14H2,(H,20,25)/t18-/m1/s1. The van der Waals surface area contributed by atoms with Crippen molar-refractivity contribution >= 4 is 5.91 Å². The van der Waals surface area contributed by atoms with Crippen LogP contribution in [0.3, 0.4) is 0 Å². The summed E-state index contributed by atoms with van der Waals surface area (Å²) < 4.78 is 1.47. The van der Waals surface area contributed by atoms with Gasteiger partial charge in [-0.15, -0.1) is 5.10 Å². The normalized spacial score (nSPS) is 11.2. The summed E-state index contributed by atoms with van der Waals surface area (Å²) in [6.07, 6.45) is 1.95. The predicted octanol–water partition coefficient (Wildman–Crippen LogP) is 1.62. The smallest absolute Gasteiger partial charge is 0.246 e. The number of hydrogen-bond acceptors (Lipinski definition) is 4. The van der Waals surface area contributed by atoms with Crippen molar-refractivity contribution in [3.63, 3.8) is 0 Å². The highest BCUT2D eigenvalue weighted by atomic mass is 16.2. The van der Waals surface area contributed by atoms with E-state index in [9.17, 15) is 4.79 Å². The van der Waals surface area contributed by atoms with Crippen LogP contribution in [0.2, 0.25) is 0 Å². The first-order valence-corrected chi connectivity index (χ1v) is 7.91. The molecule has 1 heterocycles. The Morgan fingerprint density at radius 1 is 1.08 bits per heavy atom. The molecule has 6 heteroatoms. The molecule has 0 aliphatic heterocycles. The van der Waals surface area contributed by atoms with Crippen molar-refractivity contribution in [2.24, 2.45) is 0 Å². The molecule has 0 saturated heterocycles. The van der Waals surface area contributed by atoms with Gasteiger partial charge in [0.2, 0.25) is 5.91 Å². The monoisotopic (exact) mass is 331 g/mol. The highest BCUT2D eigenvalue weighted by Crippen LogP contribution is 2.13. The summed E-state index contributed by atoms with van der Waals surface area (Å²) in [6, 6.07) is 18.9. The Balaban J connectivity index is 1.64. The molecule has 6 nitrogen and oxygen atoms in total. The summed E-state index contributed by atoms with van der Waals surface area (Å²) in [4.78, 5) is 12.6. The maximum Gasteiger partial charge on any atom is 0.246 e. The summed E-state index contributed by atoms with van der Waals surface area (Å²) in [5.74, 6) is 5.80. The molecule has 0 aliphatic rings. The van der Waals surface area contributed by atoms with E-state index in [1.807, 2.05) is 60.7 Å². The molecule has 2 aromatic carbocycles. The molecule has 124 valence electrons. The zero-order chi connectivity index (χ0) is 17.3. The van der Waals surface area contributed by atoms with Gasteiger partial charge in [-0.2, -0.15) is 0 Å². The Morgan fingerprint density at radius 3 is 2.48 bits per heavy atom. The van der Waals surface area contributed by atoms with Crippen molar-refractivity contribution in [3.8, 4) is 11.8 Å². The minimum Gasteiger partial charge on any atom is -0.343 e. The highest BCUT2D eigenvalue weighted by molar-refractivity contribution is 5.80. The van der Waals surface area contributed by atoms with Crippen molar-refractivity contribution in [2.75, 3.05) is 6.54 Å². The van der Waals surface area contributed by atoms with E-state index in [-0.39, 0.29) is 12.5 Å². The molecule has 1 N–H and O–H groups in total. The number of aromatic nitrogens is 4. The third kappa shape index (κ3) is 4.75. The average Bonchev–Trinajstić information content (AvgIpc) is 3.19. The topological polar surface area (TPSA) is 72.7 Å². The number of carbonyl (C=O) groups is 1. The molecular weight excluding hydrogens is 314 g/mol. The number of nitrogens with one attached hydrogen (secondary N) is 1. The SMILES string of the molecule is O=C(NCC#Cc1ccccc1)[C@@H](Cc1ccccc1)n1cnnn1. The molecule has 0 unspecified atom stereocenters. The Morgan fingerprint density at radius 2 is 1.80 bits per heavy atom. The zero-order valence-corrected chi connectivity index (χ0v) is 13.5. The quantitative estimate of drug-likeness (QED) is 0.721. The minimum atomic E-state index is -0.518. The third-order valence-electron chi connectivity index (χ3n) is 3.62. The van der Waals surface area contributed by atoms with E-state index in [1.54, 1.807) is 0 Å². The largest absolute Gasteiger partial charge is 0.343 e. The zero-order valence-electron chi connectivity index (χ0n) is 13.5. The van der Waals surface area contributed by atoms with Gasteiger partial charge >= 0.3 is 0 Å². The second kappa shape index (κ2) is 8.41. The van der Waals surface area contributed by atoms with Gasteiger partial charge in [0.05, 0.1) is 6.54 Å². The molecule has 0 radical (unpaired) electrons. The number of hydrogen-bond donors (Lipinski definition) is 1. The second-order valence-electron chi connectivity index (χ2n) is 5.38. The van der Waals surface area contributed by atoms with Crippen LogP contribution in [0.4, 0.5) is 0 Å². The van der Waals surface area contributed by atoms with Crippen LogP contribution in [0.5, 0.6) is 0 Å². The van der Waals surface area contributed by atoms with E-state index in [2.05, 4.69) is 32.7 Å². The predicted molar refractivity (Wildman–Crippen MR) is 93.3 cm³/mol. The highest BCUT2D eigenvalue weighted by Gasteiger charge is 2.21. The van der Waals surface area contributed by atoms with Gasteiger partial charge in [-0.25, -0.2) is 4.68 Å². The summed E-state index contributed by atoms with van der Waals surface area (Å²) >= 11 is 0. The van der Waals surface area contributed by atoms with Crippen molar-refractivity contribution < 1.29 is 4.79 Å². The van der Waals surface area contributed by atoms with Crippen LogP contribution in [0.15, 0.2) is 67.0 Å². The Bertz CT molecular complexity index is 851. The summed E-state index contributed by atoms with van der Waals surface area (Å²) in [5, 5.41) is 14.0. The van der Waals surface area contributed by atoms with E-state index in [0.717, 1.165) is 11.1 Å². The van der Waals surface area contributed by atoms with Crippen LogP contribution in [0.25, 0.3) is 0 Å². The molecule has 0 saturated carbocycles. The van der Waals surface area contributed by atoms with Gasteiger partial charge in [-0.3, -0.25) is 4.79 Å². The van der Waals surface area contributed by atoms with Gasteiger partial charge in [0.25, 0.3) is 0 Å². The first-order chi connectivity index (χ1) is 12.3. The first kappa shape index (κ1) is 16.4. The van der Waals surface area contributed by atoms with Crippen LogP contribution in [-0.4, -0.2) is 32.7 Å². The van der Waals surface area contributed by atoms with Gasteiger partial charge in [-0.1, -0.05) is 60.4 Å². The second-order valence-corrected chi connectivity index (χ2v) is 5.38. The molecule has 1 atom stereocenters. The van der Waals surface area contributed by atoms with Gasteiger partial charge in [0.1, 0.15) is 12.4 Å². The Labute approximate surface area is 145 Å². The number of tetrazole rings is 1. The van der Waals surface area contributed by atoms with Gasteiger partial charge in [0, 0.05) is 12.0 Å². The number of carbonyl (C=O) groups excluding carboxylic acids is 1. The average molecular weight is 331 g/mol. The third-order valence-corrected chi connectivity index (χ3v) is 3.62. The molecule has 1 aromatic heterocycles. The fraction of sp³-hybridized carbons (Fsp3) is 0.158. The lowest BCUT2D eigenvalue weighted by molar-refractivity contribution is -0.124. The van der Waals surface area contributed by atoms with Gasteiger partial charge in [0.15, 0.2) is 0 Å². The molecular formula is C19H17N5O. The lowest BCUT2D eigenvalue weighted by atomic mass is 10.1. The van der Waals surface area contributed by atoms with Crippen molar-refractivity contribution in [3.05, 3.63) is 78.1 Å². The van der Waals surface area contributed by atoms with E-state index in [1.165, 1.54) is 11.0 Å². The number of benzene rings is 2. The molecule has 25 heavy (non-hydrogen) atoms. The molecule has 3 rings (SSSR count). The number of amides is 1. The first-order valence-electron chi connectivity index (χ1n) is 7.91. The maximum atomic E-state index is 12.6. The summed E-state index contributed by atoms with van der Waals surface area (Å²) in [7, 11) is 0. The summed E-state index contributed by atoms with van der Waals surface area (Å²) in [6.45, 7) is 0.265. The molecule has 0 spiro atoms. The van der Waals surface area contributed by atoms with Gasteiger partial charge in [-0.05, 0) is 28.1 Å². The van der Waals surface area contributed by atoms with E-state index >= 15 is 0 Å². The van der Waals surface area contributed by atoms with Crippen molar-refractivity contribution in [1.82, 2.24) is 25.5 Å². The van der Waals surface area contributed by atoms with E-state index < -0.39 is 6.04 Å². The van der Waals surface area contributed by atoms with Crippen LogP contribution in [0, 0.1) is 11.8 Å². The molecule has 0 aliphatic carbocycles. The Hall–Kier alpha value is -3.46. The van der Waals surface area contributed by atoms with Crippen molar-refractivity contribution in [1.29, 1.82) is 0 Å². The fourth-order valence-electron chi connectivity index (χ4n) is 2.37. The van der Waals surface area contributed by atoms with Crippen LogP contribution in [-0.2, 0) is 11.2 Å². The molecule has 3 aromatic rings. The van der Waals surface area contributed by atoms with E-state index in [0.29, 0.717) is 6.42 Å². The summed E-state index contributed by atoms with van der Waals surface area (Å²) in [5.41, 5.74) is 1.95. The van der Waals surface area contributed by atoms with Crippen molar-refractivity contribution in [2.45, 2.75) is 12.5 Å². The lowest BCUT2D eigenvalue weighted by Gasteiger charge is -2.15. The minimum absolute atomic E-state index is 0.168. The van der Waals surface area contributed by atoms with E-state index in [4.69, 9.17) is 0 Å². The van der Waals surface area contributed by atoms with Crippen LogP contribution in [0.1, 0.15) is 17.2 Å². The molecule has 0 bridgehead atoms. The van der Waals surface area contributed by atoms with Crippen LogP contribution < -0.4 is 5.32 Å². The van der Waals surface area contributed by atoms with Gasteiger partial charge < -0.3 is 5.32 Å². The Kier molecular flexibility index (Phi) is 5.52. The molecule has 1 amide bonds. The fourth-order valence-corrected chi connectivity index (χ4v) is 2.37. The van der Waals surface area contributed by atoms with Crippen LogP contribution >= 0.6 is 0 Å². The number of nitrogens with zero attached hydrogens (tertiary/aromatic N) is 4. The molecule has 0 fully saturated rings. The lowest BCUT2D eigenvalue weighted by Crippen LogP contribution is -2.34. The number of rotatable bonds is 5. The maximum absolute atomic E-state index is 12.6.